The van der Waals surface area contributed by atoms with E-state index in [9.17, 15) is 4.79 Å². The Bertz CT molecular complexity index is 1320. The molecular formula is C26H23ClN2O3. The summed E-state index contributed by atoms with van der Waals surface area (Å²) in [5.41, 5.74) is 5.47. The van der Waals surface area contributed by atoms with Gasteiger partial charge in [-0.15, -0.1) is 0 Å². The number of nitrogens with zero attached hydrogens (tertiary/aromatic N) is 1. The molecule has 4 rings (SSSR count). The third-order valence-electron chi connectivity index (χ3n) is 5.29. The highest BCUT2D eigenvalue weighted by Crippen LogP contribution is 2.32. The van der Waals surface area contributed by atoms with Crippen LogP contribution in [0.5, 0.6) is 11.5 Å². The van der Waals surface area contributed by atoms with Gasteiger partial charge in [-0.2, -0.15) is 0 Å². The van der Waals surface area contributed by atoms with Crippen molar-refractivity contribution in [2.24, 2.45) is 0 Å². The minimum Gasteiger partial charge on any atom is -0.497 e. The molecule has 0 saturated carbocycles. The summed E-state index contributed by atoms with van der Waals surface area (Å²) >= 11 is 6.06. The first-order valence-electron chi connectivity index (χ1n) is 10.1. The molecule has 0 aliphatic carbocycles. The van der Waals surface area contributed by atoms with Crippen molar-refractivity contribution >= 4 is 34.1 Å². The molecule has 4 aromatic rings. The van der Waals surface area contributed by atoms with Gasteiger partial charge in [0.2, 0.25) is 0 Å². The van der Waals surface area contributed by atoms with E-state index in [2.05, 4.69) is 11.4 Å². The van der Waals surface area contributed by atoms with E-state index in [1.54, 1.807) is 32.4 Å². The maximum atomic E-state index is 13.5. The van der Waals surface area contributed by atoms with Gasteiger partial charge in [0.25, 0.3) is 5.91 Å². The number of pyridine rings is 1. The average Bonchev–Trinajstić information content (AvgIpc) is 2.79. The molecule has 0 unspecified atom stereocenters. The average molecular weight is 447 g/mol. The summed E-state index contributed by atoms with van der Waals surface area (Å²) in [5.74, 6) is 0.904. The number of benzene rings is 3. The predicted octanol–water partition coefficient (Wildman–Crippen LogP) is 6.44. The summed E-state index contributed by atoms with van der Waals surface area (Å²) in [6, 6.07) is 18.5. The van der Waals surface area contributed by atoms with Crippen LogP contribution in [0, 0.1) is 13.8 Å². The molecule has 32 heavy (non-hydrogen) atoms. The number of carbonyl (C=O) groups is 1. The first-order chi connectivity index (χ1) is 15.4. The number of aromatic nitrogens is 1. The molecular weight excluding hydrogens is 424 g/mol. The zero-order valence-electron chi connectivity index (χ0n) is 18.3. The summed E-state index contributed by atoms with van der Waals surface area (Å²) in [6.45, 7) is 4.01. The Morgan fingerprint density at radius 3 is 2.38 bits per heavy atom. The Labute approximate surface area is 192 Å². The molecule has 5 nitrogen and oxygen atoms in total. The molecule has 0 saturated heterocycles. The molecule has 0 aliphatic heterocycles. The molecule has 0 aliphatic rings. The van der Waals surface area contributed by atoms with Crippen LogP contribution >= 0.6 is 11.6 Å². The fourth-order valence-corrected chi connectivity index (χ4v) is 3.86. The number of ether oxygens (including phenoxy) is 2. The minimum absolute atomic E-state index is 0.260. The van der Waals surface area contributed by atoms with Crippen LogP contribution in [0.15, 0.2) is 60.7 Å². The lowest BCUT2D eigenvalue weighted by molar-refractivity contribution is 0.102. The lowest BCUT2D eigenvalue weighted by Crippen LogP contribution is -2.14. The molecule has 162 valence electrons. The summed E-state index contributed by atoms with van der Waals surface area (Å²) < 4.78 is 10.7. The Kier molecular flexibility index (Phi) is 6.01. The number of hydrogen-bond acceptors (Lipinski definition) is 4. The number of amides is 1. The second-order valence-electron chi connectivity index (χ2n) is 7.56. The highest BCUT2D eigenvalue weighted by atomic mass is 35.5. The van der Waals surface area contributed by atoms with E-state index in [1.807, 2.05) is 50.2 Å². The number of anilines is 1. The number of fused-ring (bicyclic) bond motifs is 1. The molecule has 1 amide bonds. The maximum Gasteiger partial charge on any atom is 0.256 e. The van der Waals surface area contributed by atoms with Crippen LogP contribution in [0.4, 0.5) is 5.69 Å². The van der Waals surface area contributed by atoms with Crippen LogP contribution in [0.2, 0.25) is 5.02 Å². The van der Waals surface area contributed by atoms with Crippen LogP contribution < -0.4 is 14.8 Å². The van der Waals surface area contributed by atoms with Gasteiger partial charge in [-0.1, -0.05) is 35.4 Å². The van der Waals surface area contributed by atoms with Crippen molar-refractivity contribution in [2.75, 3.05) is 19.5 Å². The zero-order chi connectivity index (χ0) is 22.8. The van der Waals surface area contributed by atoms with Gasteiger partial charge in [0, 0.05) is 22.0 Å². The molecule has 0 fully saturated rings. The lowest BCUT2D eigenvalue weighted by Gasteiger charge is -2.15. The largest absolute Gasteiger partial charge is 0.497 e. The fourth-order valence-electron chi connectivity index (χ4n) is 3.74. The van der Waals surface area contributed by atoms with E-state index in [4.69, 9.17) is 26.1 Å². The number of carbonyl (C=O) groups excluding carboxylic acids is 1. The minimum atomic E-state index is -0.260. The molecule has 0 spiro atoms. The molecule has 1 N–H and O–H groups in total. The van der Waals surface area contributed by atoms with Crippen molar-refractivity contribution in [1.82, 2.24) is 4.98 Å². The van der Waals surface area contributed by atoms with E-state index in [0.29, 0.717) is 33.5 Å². The van der Waals surface area contributed by atoms with Crippen LogP contribution in [0.1, 0.15) is 21.5 Å². The number of methoxy groups -OCH3 is 2. The highest BCUT2D eigenvalue weighted by molar-refractivity contribution is 6.30. The number of aryl methyl sites for hydroxylation is 2. The Hall–Kier alpha value is -3.57. The van der Waals surface area contributed by atoms with Crippen molar-refractivity contribution in [3.8, 4) is 22.8 Å². The topological polar surface area (TPSA) is 60.5 Å². The molecule has 0 bridgehead atoms. The number of hydrogen-bond donors (Lipinski definition) is 1. The molecule has 6 heteroatoms. The number of nitrogens with one attached hydrogen (secondary N) is 1. The first-order valence-corrected chi connectivity index (χ1v) is 10.5. The molecule has 0 atom stereocenters. The van der Waals surface area contributed by atoms with Crippen molar-refractivity contribution in [3.05, 3.63) is 82.4 Å². The van der Waals surface area contributed by atoms with E-state index < -0.39 is 0 Å². The monoisotopic (exact) mass is 446 g/mol. The first kappa shape index (κ1) is 21.7. The molecule has 0 radical (unpaired) electrons. The zero-order valence-corrected chi connectivity index (χ0v) is 19.1. The smallest absolute Gasteiger partial charge is 0.256 e. The van der Waals surface area contributed by atoms with Gasteiger partial charge in [-0.3, -0.25) is 4.79 Å². The van der Waals surface area contributed by atoms with Gasteiger partial charge in [-0.25, -0.2) is 4.98 Å². The van der Waals surface area contributed by atoms with Gasteiger partial charge >= 0.3 is 0 Å². The van der Waals surface area contributed by atoms with Crippen LogP contribution in [0.3, 0.4) is 0 Å². The Morgan fingerprint density at radius 1 is 0.938 bits per heavy atom. The normalized spacial score (nSPS) is 10.8. The maximum absolute atomic E-state index is 13.5. The van der Waals surface area contributed by atoms with E-state index >= 15 is 0 Å². The Morgan fingerprint density at radius 2 is 1.69 bits per heavy atom. The number of halogens is 1. The van der Waals surface area contributed by atoms with Crippen molar-refractivity contribution in [1.29, 1.82) is 0 Å². The second-order valence-corrected chi connectivity index (χ2v) is 8.00. The van der Waals surface area contributed by atoms with Crippen molar-refractivity contribution < 1.29 is 14.3 Å². The van der Waals surface area contributed by atoms with E-state index in [0.717, 1.165) is 27.6 Å². The second kappa shape index (κ2) is 8.89. The van der Waals surface area contributed by atoms with Crippen LogP contribution in [-0.2, 0) is 0 Å². The van der Waals surface area contributed by atoms with Gasteiger partial charge in [0.15, 0.2) is 0 Å². The van der Waals surface area contributed by atoms with Crippen molar-refractivity contribution in [3.63, 3.8) is 0 Å². The molecule has 3 aromatic carbocycles. The summed E-state index contributed by atoms with van der Waals surface area (Å²) in [7, 11) is 3.14. The third-order valence-corrected chi connectivity index (χ3v) is 5.54. The fraction of sp³-hybridized carbons (Fsp3) is 0.154. The molecule has 1 aromatic heterocycles. The van der Waals surface area contributed by atoms with Gasteiger partial charge < -0.3 is 14.8 Å². The van der Waals surface area contributed by atoms with Crippen molar-refractivity contribution in [2.45, 2.75) is 13.8 Å². The lowest BCUT2D eigenvalue weighted by atomic mass is 9.99. The predicted molar refractivity (Wildman–Crippen MR) is 129 cm³/mol. The molecule has 1 heterocycles. The quantitative estimate of drug-likeness (QED) is 0.383. The van der Waals surface area contributed by atoms with Gasteiger partial charge in [-0.05, 0) is 55.8 Å². The highest BCUT2D eigenvalue weighted by Gasteiger charge is 2.18. The van der Waals surface area contributed by atoms with Crippen LogP contribution in [0.25, 0.3) is 22.2 Å². The Balaban J connectivity index is 1.87. The third kappa shape index (κ3) is 4.25. The van der Waals surface area contributed by atoms with E-state index in [1.165, 1.54) is 0 Å². The summed E-state index contributed by atoms with van der Waals surface area (Å²) in [5, 5.41) is 4.41. The SMILES string of the molecule is COc1ccc(OC)c(NC(=O)c2cc(-c3ccc(Cl)cc3)nc3c(C)cc(C)cc23)c1. The van der Waals surface area contributed by atoms with Crippen LogP contribution in [-0.4, -0.2) is 25.1 Å². The summed E-state index contributed by atoms with van der Waals surface area (Å²) in [6.07, 6.45) is 0. The van der Waals surface area contributed by atoms with Gasteiger partial charge in [0.05, 0.1) is 36.7 Å². The number of rotatable bonds is 5. The van der Waals surface area contributed by atoms with Gasteiger partial charge in [0.1, 0.15) is 11.5 Å². The summed E-state index contributed by atoms with van der Waals surface area (Å²) in [4.78, 5) is 18.4. The van der Waals surface area contributed by atoms with E-state index in [-0.39, 0.29) is 5.91 Å². The standard InChI is InChI=1S/C26H23ClN2O3/c1-15-11-16(2)25-20(12-15)21(14-22(28-25)17-5-7-18(27)8-6-17)26(30)29-23-13-19(31-3)9-10-24(23)32-4/h5-14H,1-4H3,(H,29,30).